The summed E-state index contributed by atoms with van der Waals surface area (Å²) in [4.78, 5) is 27.8. The Labute approximate surface area is 131 Å². The van der Waals surface area contributed by atoms with Gasteiger partial charge in [0.05, 0.1) is 17.4 Å². The molecule has 1 aromatic carbocycles. The van der Waals surface area contributed by atoms with Gasteiger partial charge in [-0.15, -0.1) is 5.10 Å². The SMILES string of the molecule is CCC(=O)Nc1cn(CC(=O)n2cnc3c(N)cccc32)nn1. The molecule has 0 bridgehead atoms. The van der Waals surface area contributed by atoms with Gasteiger partial charge in [-0.3, -0.25) is 14.2 Å². The molecule has 1 amide bonds. The number of nitrogens with two attached hydrogens (primary N) is 1. The van der Waals surface area contributed by atoms with E-state index >= 15 is 0 Å². The summed E-state index contributed by atoms with van der Waals surface area (Å²) in [6.07, 6.45) is 3.27. The molecule has 0 aliphatic heterocycles. The first kappa shape index (κ1) is 14.7. The number of rotatable bonds is 4. The van der Waals surface area contributed by atoms with Crippen LogP contribution in [0.3, 0.4) is 0 Å². The maximum Gasteiger partial charge on any atom is 0.254 e. The minimum Gasteiger partial charge on any atom is -0.397 e. The van der Waals surface area contributed by atoms with E-state index in [4.69, 9.17) is 5.73 Å². The number of aromatic nitrogens is 5. The van der Waals surface area contributed by atoms with Crippen molar-refractivity contribution < 1.29 is 9.59 Å². The third-order valence-electron chi connectivity index (χ3n) is 3.30. The van der Waals surface area contributed by atoms with Crippen LogP contribution in [0.4, 0.5) is 11.5 Å². The summed E-state index contributed by atoms with van der Waals surface area (Å²) in [6, 6.07) is 5.26. The van der Waals surface area contributed by atoms with E-state index in [0.29, 0.717) is 29.0 Å². The number of fused-ring (bicyclic) bond motifs is 1. The zero-order chi connectivity index (χ0) is 16.4. The number of anilines is 2. The molecule has 0 spiro atoms. The van der Waals surface area contributed by atoms with Gasteiger partial charge in [0.15, 0.2) is 5.82 Å². The molecule has 3 N–H and O–H groups in total. The number of carbonyl (C=O) groups excluding carboxylic acids is 2. The molecule has 0 saturated heterocycles. The monoisotopic (exact) mass is 313 g/mol. The minimum atomic E-state index is -0.239. The highest BCUT2D eigenvalue weighted by Crippen LogP contribution is 2.19. The number of nitrogens with zero attached hydrogens (tertiary/aromatic N) is 5. The van der Waals surface area contributed by atoms with E-state index in [1.54, 1.807) is 25.1 Å². The van der Waals surface area contributed by atoms with E-state index in [-0.39, 0.29) is 18.4 Å². The van der Waals surface area contributed by atoms with Gasteiger partial charge >= 0.3 is 0 Å². The predicted molar refractivity (Wildman–Crippen MR) is 83.7 cm³/mol. The summed E-state index contributed by atoms with van der Waals surface area (Å²) in [5.74, 6) is -0.0970. The lowest BCUT2D eigenvalue weighted by atomic mass is 10.3. The molecular weight excluding hydrogens is 298 g/mol. The van der Waals surface area contributed by atoms with E-state index in [1.807, 2.05) is 0 Å². The molecule has 0 fully saturated rings. The van der Waals surface area contributed by atoms with Crippen LogP contribution in [-0.4, -0.2) is 36.4 Å². The number of carbonyl (C=O) groups is 2. The standard InChI is InChI=1S/C14H15N7O2/c1-2-12(22)17-11-6-20(19-18-11)7-13(23)21-8-16-14-9(15)4-3-5-10(14)21/h3-6,8H,2,7,15H2,1H3,(H,17,22). The molecule has 3 aromatic rings. The Balaban J connectivity index is 1.78. The van der Waals surface area contributed by atoms with Gasteiger partial charge in [0.1, 0.15) is 18.4 Å². The molecule has 2 heterocycles. The molecule has 0 aliphatic carbocycles. The molecule has 3 rings (SSSR count). The number of imidazole rings is 1. The van der Waals surface area contributed by atoms with Gasteiger partial charge in [-0.25, -0.2) is 9.67 Å². The Hall–Kier alpha value is -3.23. The smallest absolute Gasteiger partial charge is 0.254 e. The van der Waals surface area contributed by atoms with Crippen molar-refractivity contribution in [1.29, 1.82) is 0 Å². The van der Waals surface area contributed by atoms with Crippen LogP contribution < -0.4 is 11.1 Å². The van der Waals surface area contributed by atoms with Crippen molar-refractivity contribution in [1.82, 2.24) is 24.5 Å². The largest absolute Gasteiger partial charge is 0.397 e. The molecule has 2 aromatic heterocycles. The first-order valence-electron chi connectivity index (χ1n) is 7.03. The lowest BCUT2D eigenvalue weighted by molar-refractivity contribution is -0.115. The van der Waals surface area contributed by atoms with Gasteiger partial charge in [-0.2, -0.15) is 0 Å². The van der Waals surface area contributed by atoms with Gasteiger partial charge in [-0.05, 0) is 12.1 Å². The third-order valence-corrected chi connectivity index (χ3v) is 3.30. The summed E-state index contributed by atoms with van der Waals surface area (Å²) in [6.45, 7) is 1.70. The average Bonchev–Trinajstić information content (AvgIpc) is 3.14. The van der Waals surface area contributed by atoms with Crippen LogP contribution >= 0.6 is 0 Å². The summed E-state index contributed by atoms with van der Waals surface area (Å²) >= 11 is 0. The molecule has 9 nitrogen and oxygen atoms in total. The van der Waals surface area contributed by atoms with Crippen molar-refractivity contribution in [2.75, 3.05) is 11.1 Å². The summed E-state index contributed by atoms with van der Waals surface area (Å²) in [5.41, 5.74) is 7.56. The highest BCUT2D eigenvalue weighted by Gasteiger charge is 2.13. The second-order valence-electron chi connectivity index (χ2n) is 4.93. The summed E-state index contributed by atoms with van der Waals surface area (Å²) in [5, 5.41) is 10.2. The molecule has 0 saturated carbocycles. The van der Waals surface area contributed by atoms with E-state index in [1.165, 1.54) is 21.8 Å². The van der Waals surface area contributed by atoms with Gasteiger partial charge in [-0.1, -0.05) is 18.2 Å². The molecule has 23 heavy (non-hydrogen) atoms. The lowest BCUT2D eigenvalue weighted by Crippen LogP contribution is -2.17. The highest BCUT2D eigenvalue weighted by molar-refractivity contribution is 5.95. The number of benzene rings is 1. The first-order chi connectivity index (χ1) is 11.1. The number of amides is 1. The van der Waals surface area contributed by atoms with Gasteiger partial charge in [0, 0.05) is 6.42 Å². The number of hydrogen-bond acceptors (Lipinski definition) is 6. The Morgan fingerprint density at radius 1 is 1.35 bits per heavy atom. The van der Waals surface area contributed by atoms with Crippen molar-refractivity contribution in [3.63, 3.8) is 0 Å². The fraction of sp³-hybridized carbons (Fsp3) is 0.214. The van der Waals surface area contributed by atoms with E-state index in [0.717, 1.165) is 0 Å². The molecule has 118 valence electrons. The molecule has 0 atom stereocenters. The maximum absolute atomic E-state index is 12.4. The minimum absolute atomic E-state index is 0.0325. The number of nitrogens with one attached hydrogen (secondary N) is 1. The van der Waals surface area contributed by atoms with Crippen LogP contribution in [0.2, 0.25) is 0 Å². The second kappa shape index (κ2) is 5.87. The van der Waals surface area contributed by atoms with Crippen LogP contribution in [0.15, 0.2) is 30.7 Å². The fourth-order valence-corrected chi connectivity index (χ4v) is 2.14. The average molecular weight is 313 g/mol. The Kier molecular flexibility index (Phi) is 3.75. The Bertz CT molecular complexity index is 880. The second-order valence-corrected chi connectivity index (χ2v) is 4.93. The fourth-order valence-electron chi connectivity index (χ4n) is 2.14. The van der Waals surface area contributed by atoms with Gasteiger partial charge < -0.3 is 11.1 Å². The van der Waals surface area contributed by atoms with Crippen LogP contribution in [0.25, 0.3) is 11.0 Å². The Morgan fingerprint density at radius 3 is 2.96 bits per heavy atom. The van der Waals surface area contributed by atoms with Gasteiger partial charge in [0.2, 0.25) is 5.91 Å². The lowest BCUT2D eigenvalue weighted by Gasteiger charge is -2.03. The number of para-hydroxylation sites is 1. The zero-order valence-electron chi connectivity index (χ0n) is 12.4. The van der Waals surface area contributed by atoms with Crippen molar-refractivity contribution >= 4 is 34.4 Å². The van der Waals surface area contributed by atoms with Crippen LogP contribution in [0, 0.1) is 0 Å². The predicted octanol–water partition coefficient (Wildman–Crippen LogP) is 0.899. The molecule has 0 radical (unpaired) electrons. The highest BCUT2D eigenvalue weighted by atomic mass is 16.2. The quantitative estimate of drug-likeness (QED) is 0.690. The summed E-state index contributed by atoms with van der Waals surface area (Å²) in [7, 11) is 0. The van der Waals surface area contributed by atoms with E-state index in [2.05, 4.69) is 20.6 Å². The van der Waals surface area contributed by atoms with Crippen molar-refractivity contribution in [3.05, 3.63) is 30.7 Å². The first-order valence-corrected chi connectivity index (χ1v) is 7.03. The van der Waals surface area contributed by atoms with Crippen LogP contribution in [0.5, 0.6) is 0 Å². The van der Waals surface area contributed by atoms with E-state index in [9.17, 15) is 9.59 Å². The molecular formula is C14H15N7O2. The van der Waals surface area contributed by atoms with E-state index < -0.39 is 0 Å². The molecule has 0 unspecified atom stereocenters. The normalized spacial score (nSPS) is 10.8. The third kappa shape index (κ3) is 2.89. The van der Waals surface area contributed by atoms with Crippen LogP contribution in [0.1, 0.15) is 18.1 Å². The van der Waals surface area contributed by atoms with Crippen molar-refractivity contribution in [3.8, 4) is 0 Å². The topological polar surface area (TPSA) is 121 Å². The van der Waals surface area contributed by atoms with Crippen LogP contribution in [-0.2, 0) is 11.3 Å². The van der Waals surface area contributed by atoms with Crippen molar-refractivity contribution in [2.24, 2.45) is 0 Å². The molecule has 9 heteroatoms. The molecule has 0 aliphatic rings. The maximum atomic E-state index is 12.4. The number of hydrogen-bond donors (Lipinski definition) is 2. The number of nitrogen functional groups attached to an aromatic ring is 1. The Morgan fingerprint density at radius 2 is 2.17 bits per heavy atom. The zero-order valence-corrected chi connectivity index (χ0v) is 12.4. The summed E-state index contributed by atoms with van der Waals surface area (Å²) < 4.78 is 2.77. The van der Waals surface area contributed by atoms with Crippen molar-refractivity contribution in [2.45, 2.75) is 19.9 Å². The van der Waals surface area contributed by atoms with Gasteiger partial charge in [0.25, 0.3) is 5.91 Å².